The number of rotatable bonds is 6. The predicted octanol–water partition coefficient (Wildman–Crippen LogP) is 5.66. The summed E-state index contributed by atoms with van der Waals surface area (Å²) in [4.78, 5) is 28.6. The third-order valence-corrected chi connectivity index (χ3v) is 5.05. The normalized spacial score (nSPS) is 10.8. The van der Waals surface area contributed by atoms with Crippen LogP contribution in [0.2, 0.25) is 0 Å². The van der Waals surface area contributed by atoms with Crippen LogP contribution >= 0.6 is 0 Å². The van der Waals surface area contributed by atoms with Gasteiger partial charge >= 0.3 is 6.03 Å². The van der Waals surface area contributed by atoms with Crippen LogP contribution in [0.3, 0.4) is 0 Å². The number of fused-ring (bicyclic) bond motifs is 1. The molecule has 0 fully saturated rings. The first-order valence-electron chi connectivity index (χ1n) is 10.6. The highest BCUT2D eigenvalue weighted by Gasteiger charge is 2.15. The van der Waals surface area contributed by atoms with Crippen molar-refractivity contribution in [3.05, 3.63) is 79.1 Å². The van der Waals surface area contributed by atoms with Gasteiger partial charge in [0.15, 0.2) is 0 Å². The summed E-state index contributed by atoms with van der Waals surface area (Å²) < 4.78 is 5.43. The molecule has 0 radical (unpaired) electrons. The maximum absolute atomic E-state index is 12.5. The van der Waals surface area contributed by atoms with Crippen molar-refractivity contribution in [3.8, 4) is 28.5 Å². The summed E-state index contributed by atoms with van der Waals surface area (Å²) >= 11 is 0. The minimum atomic E-state index is -0.348. The van der Waals surface area contributed by atoms with Gasteiger partial charge in [0, 0.05) is 23.8 Å². The SMILES string of the molecule is CCOc1ccc(NC(=O)Nc2ccc3nc(-c4ccc[nH]4)c(-c4ccc[nH]4)nc3c2)cc1. The van der Waals surface area contributed by atoms with Crippen LogP contribution in [0.1, 0.15) is 6.92 Å². The van der Waals surface area contributed by atoms with Crippen molar-refractivity contribution in [2.45, 2.75) is 6.92 Å². The fourth-order valence-electron chi connectivity index (χ4n) is 3.56. The van der Waals surface area contributed by atoms with Gasteiger partial charge in [-0.2, -0.15) is 0 Å². The first kappa shape index (κ1) is 20.3. The minimum absolute atomic E-state index is 0.348. The Bertz CT molecular complexity index is 1380. The van der Waals surface area contributed by atoms with Gasteiger partial charge in [-0.25, -0.2) is 14.8 Å². The molecule has 5 rings (SSSR count). The molecule has 0 aliphatic heterocycles. The molecule has 3 heterocycles. The van der Waals surface area contributed by atoms with Crippen LogP contribution in [0.25, 0.3) is 33.8 Å². The summed E-state index contributed by atoms with van der Waals surface area (Å²) in [7, 11) is 0. The van der Waals surface area contributed by atoms with Crippen molar-refractivity contribution in [1.82, 2.24) is 19.9 Å². The van der Waals surface area contributed by atoms with E-state index in [1.54, 1.807) is 12.1 Å². The molecule has 0 atom stereocenters. The number of benzene rings is 2. The molecule has 8 heteroatoms. The van der Waals surface area contributed by atoms with Crippen molar-refractivity contribution < 1.29 is 9.53 Å². The van der Waals surface area contributed by atoms with Crippen molar-refractivity contribution >= 4 is 28.4 Å². The first-order chi connectivity index (χ1) is 16.2. The zero-order chi connectivity index (χ0) is 22.6. The van der Waals surface area contributed by atoms with Crippen LogP contribution in [0, 0.1) is 0 Å². The molecule has 164 valence electrons. The summed E-state index contributed by atoms with van der Waals surface area (Å²) in [6.45, 7) is 2.52. The smallest absolute Gasteiger partial charge is 0.323 e. The van der Waals surface area contributed by atoms with Gasteiger partial charge in [0.25, 0.3) is 0 Å². The van der Waals surface area contributed by atoms with Gasteiger partial charge in [0.05, 0.1) is 29.0 Å². The molecule has 0 unspecified atom stereocenters. The van der Waals surface area contributed by atoms with Crippen LogP contribution in [0.4, 0.5) is 16.2 Å². The van der Waals surface area contributed by atoms with Gasteiger partial charge in [-0.15, -0.1) is 0 Å². The molecule has 0 spiro atoms. The third-order valence-electron chi connectivity index (χ3n) is 5.05. The van der Waals surface area contributed by atoms with E-state index >= 15 is 0 Å². The van der Waals surface area contributed by atoms with Gasteiger partial charge in [-0.1, -0.05) is 0 Å². The third kappa shape index (κ3) is 4.40. The van der Waals surface area contributed by atoms with E-state index in [0.717, 1.165) is 34.0 Å². The van der Waals surface area contributed by atoms with E-state index in [2.05, 4.69) is 20.6 Å². The molecule has 8 nitrogen and oxygen atoms in total. The average molecular weight is 438 g/mol. The fraction of sp³-hybridized carbons (Fsp3) is 0.0800. The molecule has 4 N–H and O–H groups in total. The number of aromatic nitrogens is 4. The Hall–Kier alpha value is -4.59. The molecule has 0 saturated carbocycles. The molecule has 0 saturated heterocycles. The Morgan fingerprint density at radius 1 is 0.818 bits per heavy atom. The zero-order valence-corrected chi connectivity index (χ0v) is 17.9. The summed E-state index contributed by atoms with van der Waals surface area (Å²) in [6, 6.07) is 20.1. The second-order valence-corrected chi connectivity index (χ2v) is 7.33. The number of hydrogen-bond acceptors (Lipinski definition) is 4. The number of aromatic amines is 2. The van der Waals surface area contributed by atoms with Crippen molar-refractivity contribution in [3.63, 3.8) is 0 Å². The highest BCUT2D eigenvalue weighted by molar-refractivity contribution is 6.01. The Morgan fingerprint density at radius 2 is 1.42 bits per heavy atom. The fourth-order valence-corrected chi connectivity index (χ4v) is 3.56. The van der Waals surface area contributed by atoms with Crippen LogP contribution < -0.4 is 15.4 Å². The topological polar surface area (TPSA) is 108 Å². The largest absolute Gasteiger partial charge is 0.494 e. The van der Waals surface area contributed by atoms with E-state index in [1.807, 2.05) is 73.9 Å². The van der Waals surface area contributed by atoms with E-state index in [-0.39, 0.29) is 6.03 Å². The number of anilines is 2. The summed E-state index contributed by atoms with van der Waals surface area (Å²) in [5.41, 5.74) is 5.91. The monoisotopic (exact) mass is 438 g/mol. The Kier molecular flexibility index (Phi) is 5.47. The maximum Gasteiger partial charge on any atom is 0.323 e. The molecule has 0 aliphatic carbocycles. The Morgan fingerprint density at radius 3 is 2.03 bits per heavy atom. The number of nitrogens with one attached hydrogen (secondary N) is 4. The quantitative estimate of drug-likeness (QED) is 0.274. The Balaban J connectivity index is 1.41. The average Bonchev–Trinajstić information content (AvgIpc) is 3.54. The molecule has 0 bridgehead atoms. The molecule has 2 amide bonds. The maximum atomic E-state index is 12.5. The molecular formula is C25H22N6O2. The van der Waals surface area contributed by atoms with Gasteiger partial charge in [-0.3, -0.25) is 0 Å². The van der Waals surface area contributed by atoms with E-state index in [0.29, 0.717) is 23.5 Å². The van der Waals surface area contributed by atoms with E-state index in [4.69, 9.17) is 14.7 Å². The number of carbonyl (C=O) groups excluding carboxylic acids is 1. The summed E-state index contributed by atoms with van der Waals surface area (Å²) in [6.07, 6.45) is 3.71. The van der Waals surface area contributed by atoms with Gasteiger partial charge < -0.3 is 25.3 Å². The number of nitrogens with zero attached hydrogens (tertiary/aromatic N) is 2. The zero-order valence-electron chi connectivity index (χ0n) is 17.9. The summed E-state index contributed by atoms with van der Waals surface area (Å²) in [5, 5.41) is 5.67. The van der Waals surface area contributed by atoms with Crippen molar-refractivity contribution in [2.24, 2.45) is 0 Å². The predicted molar refractivity (Wildman–Crippen MR) is 129 cm³/mol. The lowest BCUT2D eigenvalue weighted by Gasteiger charge is -2.11. The second-order valence-electron chi connectivity index (χ2n) is 7.33. The lowest BCUT2D eigenvalue weighted by Crippen LogP contribution is -2.19. The van der Waals surface area contributed by atoms with Gasteiger partial charge in [-0.05, 0) is 73.7 Å². The van der Waals surface area contributed by atoms with Crippen LogP contribution in [0.5, 0.6) is 5.75 Å². The molecule has 5 aromatic rings. The first-order valence-corrected chi connectivity index (χ1v) is 10.6. The molecular weight excluding hydrogens is 416 g/mol. The molecule has 33 heavy (non-hydrogen) atoms. The van der Waals surface area contributed by atoms with Crippen LogP contribution in [-0.4, -0.2) is 32.6 Å². The Labute approximate surface area is 190 Å². The lowest BCUT2D eigenvalue weighted by atomic mass is 10.1. The van der Waals surface area contributed by atoms with Crippen LogP contribution in [0.15, 0.2) is 79.1 Å². The number of ether oxygens (including phenoxy) is 1. The second kappa shape index (κ2) is 8.88. The molecule has 0 aliphatic rings. The number of amides is 2. The summed E-state index contributed by atoms with van der Waals surface area (Å²) in [5.74, 6) is 0.758. The molecule has 2 aromatic carbocycles. The van der Waals surface area contributed by atoms with Crippen molar-refractivity contribution in [2.75, 3.05) is 17.2 Å². The van der Waals surface area contributed by atoms with E-state index in [9.17, 15) is 4.79 Å². The number of urea groups is 1. The van der Waals surface area contributed by atoms with E-state index < -0.39 is 0 Å². The number of H-pyrrole nitrogens is 2. The van der Waals surface area contributed by atoms with E-state index in [1.165, 1.54) is 0 Å². The van der Waals surface area contributed by atoms with Gasteiger partial charge in [0.1, 0.15) is 17.1 Å². The van der Waals surface area contributed by atoms with Crippen LogP contribution in [-0.2, 0) is 0 Å². The number of hydrogen-bond donors (Lipinski definition) is 4. The standard InChI is InChI=1S/C25H22N6O2/c1-2-33-18-10-7-16(8-11-18)28-25(32)29-17-9-12-19-22(15-17)31-24(21-6-4-14-27-21)23(30-19)20-5-3-13-26-20/h3-15,26-27H,2H2,1H3,(H2,28,29,32). The highest BCUT2D eigenvalue weighted by atomic mass is 16.5. The number of carbonyl (C=O) groups is 1. The molecule has 3 aromatic heterocycles. The highest BCUT2D eigenvalue weighted by Crippen LogP contribution is 2.30. The van der Waals surface area contributed by atoms with Gasteiger partial charge in [0.2, 0.25) is 0 Å². The van der Waals surface area contributed by atoms with Crippen molar-refractivity contribution in [1.29, 1.82) is 0 Å². The lowest BCUT2D eigenvalue weighted by molar-refractivity contribution is 0.262. The minimum Gasteiger partial charge on any atom is -0.494 e.